The Morgan fingerprint density at radius 2 is 1.83 bits per heavy atom. The summed E-state index contributed by atoms with van der Waals surface area (Å²) >= 11 is 0. The molecule has 1 rings (SSSR count). The third kappa shape index (κ3) is 4.57. The van der Waals surface area contributed by atoms with Crippen LogP contribution in [0.3, 0.4) is 0 Å². The number of hydrogen-bond acceptors (Lipinski definition) is 2. The lowest BCUT2D eigenvalue weighted by molar-refractivity contribution is -0.137. The van der Waals surface area contributed by atoms with E-state index in [1.165, 1.54) is 0 Å². The quantitative estimate of drug-likeness (QED) is 0.813. The third-order valence-electron chi connectivity index (χ3n) is 2.90. The number of carboxylic acids is 1. The Hall–Kier alpha value is -1.84. The van der Waals surface area contributed by atoms with Crippen molar-refractivity contribution in [2.45, 2.75) is 32.7 Å². The van der Waals surface area contributed by atoms with Gasteiger partial charge in [-0.2, -0.15) is 0 Å². The Morgan fingerprint density at radius 1 is 1.22 bits per heavy atom. The zero-order valence-electron chi connectivity index (χ0n) is 10.7. The zero-order valence-corrected chi connectivity index (χ0v) is 10.7. The van der Waals surface area contributed by atoms with Crippen LogP contribution in [-0.4, -0.2) is 17.0 Å². The fourth-order valence-electron chi connectivity index (χ4n) is 1.65. The van der Waals surface area contributed by atoms with Gasteiger partial charge in [0.25, 0.3) is 0 Å². The highest BCUT2D eigenvalue weighted by Gasteiger charge is 2.16. The number of carbonyl (C=O) groups excluding carboxylic acids is 1. The molecule has 0 aliphatic carbocycles. The zero-order chi connectivity index (χ0) is 13.5. The van der Waals surface area contributed by atoms with E-state index < -0.39 is 5.97 Å². The van der Waals surface area contributed by atoms with Crippen LogP contribution in [0, 0.1) is 5.92 Å². The van der Waals surface area contributed by atoms with Crippen LogP contribution in [0.25, 0.3) is 0 Å². The third-order valence-corrected chi connectivity index (χ3v) is 2.90. The molecule has 1 amide bonds. The van der Waals surface area contributed by atoms with Crippen molar-refractivity contribution < 1.29 is 14.7 Å². The van der Waals surface area contributed by atoms with E-state index in [9.17, 15) is 9.59 Å². The summed E-state index contributed by atoms with van der Waals surface area (Å²) in [6.45, 7) is 3.66. The summed E-state index contributed by atoms with van der Waals surface area (Å²) in [6, 6.07) is 9.61. The summed E-state index contributed by atoms with van der Waals surface area (Å²) in [7, 11) is 0. The molecule has 0 spiro atoms. The van der Waals surface area contributed by atoms with Gasteiger partial charge in [-0.1, -0.05) is 37.3 Å². The van der Waals surface area contributed by atoms with Gasteiger partial charge in [0.05, 0.1) is 6.04 Å². The van der Waals surface area contributed by atoms with E-state index in [0.29, 0.717) is 6.42 Å². The van der Waals surface area contributed by atoms with Crippen molar-refractivity contribution in [2.24, 2.45) is 5.92 Å². The van der Waals surface area contributed by atoms with E-state index in [2.05, 4.69) is 5.32 Å². The lowest BCUT2D eigenvalue weighted by Crippen LogP contribution is -2.31. The predicted octanol–water partition coefficient (Wildman–Crippen LogP) is 2.36. The molecular formula is C14H19NO3. The predicted molar refractivity (Wildman–Crippen MR) is 69.0 cm³/mol. The topological polar surface area (TPSA) is 66.4 Å². The average molecular weight is 249 g/mol. The summed E-state index contributed by atoms with van der Waals surface area (Å²) in [6.07, 6.45) is 0.386. The Bertz CT molecular complexity index is 403. The molecule has 0 saturated carbocycles. The van der Waals surface area contributed by atoms with Gasteiger partial charge in [-0.05, 0) is 18.9 Å². The maximum absolute atomic E-state index is 11.8. The first-order chi connectivity index (χ1) is 8.50. The molecule has 2 atom stereocenters. The SMILES string of the molecule is C[C@H](NC(=O)[C@@H](C)CCC(=O)O)c1ccccc1. The molecule has 1 aromatic rings. The molecule has 0 bridgehead atoms. The number of carbonyl (C=O) groups is 2. The maximum atomic E-state index is 11.8. The van der Waals surface area contributed by atoms with Gasteiger partial charge in [-0.3, -0.25) is 9.59 Å². The average Bonchev–Trinajstić information content (AvgIpc) is 2.36. The highest BCUT2D eigenvalue weighted by molar-refractivity contribution is 5.79. The minimum Gasteiger partial charge on any atom is -0.481 e. The van der Waals surface area contributed by atoms with Gasteiger partial charge < -0.3 is 10.4 Å². The molecule has 1 aromatic carbocycles. The van der Waals surface area contributed by atoms with Gasteiger partial charge >= 0.3 is 5.97 Å². The standard InChI is InChI=1S/C14H19NO3/c1-10(8-9-13(16)17)14(18)15-11(2)12-6-4-3-5-7-12/h3-7,10-11H,8-9H2,1-2H3,(H,15,18)(H,16,17)/t10-,11-/m0/s1. The van der Waals surface area contributed by atoms with E-state index in [1.54, 1.807) is 6.92 Å². The molecule has 2 N–H and O–H groups in total. The van der Waals surface area contributed by atoms with Crippen LogP contribution in [0.15, 0.2) is 30.3 Å². The van der Waals surface area contributed by atoms with Gasteiger partial charge in [0.2, 0.25) is 5.91 Å². The molecule has 0 aromatic heterocycles. The summed E-state index contributed by atoms with van der Waals surface area (Å²) < 4.78 is 0. The summed E-state index contributed by atoms with van der Waals surface area (Å²) in [5, 5.41) is 11.5. The summed E-state index contributed by atoms with van der Waals surface area (Å²) in [5.74, 6) is -1.26. The molecule has 98 valence electrons. The van der Waals surface area contributed by atoms with E-state index >= 15 is 0 Å². The molecule has 0 heterocycles. The van der Waals surface area contributed by atoms with Crippen molar-refractivity contribution >= 4 is 11.9 Å². The first-order valence-electron chi connectivity index (χ1n) is 6.08. The van der Waals surface area contributed by atoms with Crippen LogP contribution in [-0.2, 0) is 9.59 Å². The second kappa shape index (κ2) is 6.79. The van der Waals surface area contributed by atoms with Crippen LogP contribution in [0.4, 0.5) is 0 Å². The largest absolute Gasteiger partial charge is 0.481 e. The highest BCUT2D eigenvalue weighted by atomic mass is 16.4. The second-order valence-electron chi connectivity index (χ2n) is 4.47. The lowest BCUT2D eigenvalue weighted by atomic mass is 10.0. The molecule has 4 nitrogen and oxygen atoms in total. The molecule has 0 fully saturated rings. The van der Waals surface area contributed by atoms with Crippen molar-refractivity contribution in [1.82, 2.24) is 5.32 Å². The Morgan fingerprint density at radius 3 is 2.39 bits per heavy atom. The molecule has 0 saturated heterocycles. The van der Waals surface area contributed by atoms with Crippen molar-refractivity contribution in [1.29, 1.82) is 0 Å². The van der Waals surface area contributed by atoms with Crippen LogP contribution < -0.4 is 5.32 Å². The lowest BCUT2D eigenvalue weighted by Gasteiger charge is -2.17. The fourth-order valence-corrected chi connectivity index (χ4v) is 1.65. The Kier molecular flexibility index (Phi) is 5.36. The summed E-state index contributed by atoms with van der Waals surface area (Å²) in [4.78, 5) is 22.3. The van der Waals surface area contributed by atoms with E-state index in [0.717, 1.165) is 5.56 Å². The van der Waals surface area contributed by atoms with Crippen molar-refractivity contribution in [3.05, 3.63) is 35.9 Å². The molecule has 0 radical (unpaired) electrons. The minimum atomic E-state index is -0.870. The minimum absolute atomic E-state index is 0.0221. The molecule has 0 unspecified atom stereocenters. The van der Waals surface area contributed by atoms with Gasteiger partial charge in [-0.25, -0.2) is 0 Å². The Balaban J connectivity index is 2.46. The van der Waals surface area contributed by atoms with Crippen molar-refractivity contribution in [3.63, 3.8) is 0 Å². The van der Waals surface area contributed by atoms with Gasteiger partial charge in [0.15, 0.2) is 0 Å². The normalized spacial score (nSPS) is 13.7. The van der Waals surface area contributed by atoms with Crippen molar-refractivity contribution in [2.75, 3.05) is 0 Å². The van der Waals surface area contributed by atoms with E-state index in [4.69, 9.17) is 5.11 Å². The number of hydrogen-bond donors (Lipinski definition) is 2. The highest BCUT2D eigenvalue weighted by Crippen LogP contribution is 2.13. The number of amides is 1. The smallest absolute Gasteiger partial charge is 0.303 e. The number of rotatable bonds is 6. The molecule has 4 heteroatoms. The van der Waals surface area contributed by atoms with E-state index in [1.807, 2.05) is 37.3 Å². The van der Waals surface area contributed by atoms with Crippen molar-refractivity contribution in [3.8, 4) is 0 Å². The van der Waals surface area contributed by atoms with Gasteiger partial charge in [0, 0.05) is 12.3 Å². The van der Waals surface area contributed by atoms with Crippen LogP contribution >= 0.6 is 0 Å². The van der Waals surface area contributed by atoms with Gasteiger partial charge in [-0.15, -0.1) is 0 Å². The molecule has 18 heavy (non-hydrogen) atoms. The molecule has 0 aliphatic heterocycles. The van der Waals surface area contributed by atoms with Gasteiger partial charge in [0.1, 0.15) is 0 Å². The molecule has 0 aliphatic rings. The Labute approximate surface area is 107 Å². The van der Waals surface area contributed by atoms with Crippen LogP contribution in [0.1, 0.15) is 38.3 Å². The maximum Gasteiger partial charge on any atom is 0.303 e. The number of benzene rings is 1. The second-order valence-corrected chi connectivity index (χ2v) is 4.47. The first kappa shape index (κ1) is 14.2. The van der Waals surface area contributed by atoms with E-state index in [-0.39, 0.29) is 24.3 Å². The summed E-state index contributed by atoms with van der Waals surface area (Å²) in [5.41, 5.74) is 1.04. The monoisotopic (exact) mass is 249 g/mol. The van der Waals surface area contributed by atoms with Crippen LogP contribution in [0.2, 0.25) is 0 Å². The fraction of sp³-hybridized carbons (Fsp3) is 0.429. The van der Waals surface area contributed by atoms with Crippen LogP contribution in [0.5, 0.6) is 0 Å². The number of carboxylic acid groups (broad SMARTS) is 1. The first-order valence-corrected chi connectivity index (χ1v) is 6.08. The number of aliphatic carboxylic acids is 1. The molecular weight excluding hydrogens is 230 g/mol. The number of nitrogens with one attached hydrogen (secondary N) is 1.